The van der Waals surface area contributed by atoms with E-state index in [4.69, 9.17) is 5.73 Å². The smallest absolute Gasteiger partial charge is 0.0304 e. The third-order valence-electron chi connectivity index (χ3n) is 5.64. The van der Waals surface area contributed by atoms with Crippen LogP contribution >= 0.6 is 0 Å². The molecule has 2 rings (SSSR count). The summed E-state index contributed by atoms with van der Waals surface area (Å²) in [4.78, 5) is 0. The largest absolute Gasteiger partial charge is 0.329 e. The van der Waals surface area contributed by atoms with Gasteiger partial charge < -0.3 is 11.1 Å². The van der Waals surface area contributed by atoms with Crippen LogP contribution in [0, 0.1) is 11.3 Å². The van der Waals surface area contributed by atoms with Gasteiger partial charge in [0.15, 0.2) is 0 Å². The van der Waals surface area contributed by atoms with E-state index in [-0.39, 0.29) is 5.54 Å². The molecule has 0 spiro atoms. The summed E-state index contributed by atoms with van der Waals surface area (Å²) in [7, 11) is 0. The zero-order valence-electron chi connectivity index (χ0n) is 13.8. The normalized spacial score (nSPS) is 31.4. The first-order valence-electron chi connectivity index (χ1n) is 8.58. The SMILES string of the molecule is CC(C)(C)C1CCC(CN)(NCCC2=CCCC2)CC1. The zero-order valence-corrected chi connectivity index (χ0v) is 13.8. The fraction of sp³-hybridized carbons (Fsp3) is 0.889. The Balaban J connectivity index is 1.79. The lowest BCUT2D eigenvalue weighted by Crippen LogP contribution is -2.54. The van der Waals surface area contributed by atoms with Crippen LogP contribution in [0.3, 0.4) is 0 Å². The van der Waals surface area contributed by atoms with Crippen molar-refractivity contribution < 1.29 is 0 Å². The lowest BCUT2D eigenvalue weighted by atomic mass is 9.67. The quantitative estimate of drug-likeness (QED) is 0.746. The fourth-order valence-electron chi connectivity index (χ4n) is 3.94. The van der Waals surface area contributed by atoms with Crippen LogP contribution in [-0.4, -0.2) is 18.6 Å². The molecule has 2 nitrogen and oxygen atoms in total. The number of allylic oxidation sites excluding steroid dienone is 1. The molecule has 0 aromatic carbocycles. The Morgan fingerprint density at radius 2 is 2.00 bits per heavy atom. The predicted molar refractivity (Wildman–Crippen MR) is 87.8 cm³/mol. The van der Waals surface area contributed by atoms with Gasteiger partial charge in [0.1, 0.15) is 0 Å². The Morgan fingerprint density at radius 1 is 1.30 bits per heavy atom. The summed E-state index contributed by atoms with van der Waals surface area (Å²) in [6.07, 6.45) is 12.8. The van der Waals surface area contributed by atoms with E-state index in [2.05, 4.69) is 32.2 Å². The van der Waals surface area contributed by atoms with E-state index >= 15 is 0 Å². The lowest BCUT2D eigenvalue weighted by molar-refractivity contribution is 0.118. The standard InChI is InChI=1S/C18H34N2/c1-17(2,3)16-8-11-18(14-19,12-9-16)20-13-10-15-6-4-5-7-15/h6,16,20H,4-5,7-14,19H2,1-3H3. The van der Waals surface area contributed by atoms with E-state index < -0.39 is 0 Å². The van der Waals surface area contributed by atoms with Gasteiger partial charge in [0, 0.05) is 12.1 Å². The average Bonchev–Trinajstić information content (AvgIpc) is 2.91. The summed E-state index contributed by atoms with van der Waals surface area (Å²) in [6, 6.07) is 0. The summed E-state index contributed by atoms with van der Waals surface area (Å²) in [5.41, 5.74) is 8.45. The predicted octanol–water partition coefficient (Wildman–Crippen LogP) is 4.01. The van der Waals surface area contributed by atoms with E-state index in [1.807, 2.05) is 0 Å². The highest BCUT2D eigenvalue weighted by molar-refractivity contribution is 5.08. The summed E-state index contributed by atoms with van der Waals surface area (Å²) in [5.74, 6) is 0.863. The van der Waals surface area contributed by atoms with Crippen LogP contribution in [0.4, 0.5) is 0 Å². The van der Waals surface area contributed by atoms with Crippen LogP contribution in [-0.2, 0) is 0 Å². The van der Waals surface area contributed by atoms with Gasteiger partial charge >= 0.3 is 0 Å². The Kier molecular flexibility index (Phi) is 5.30. The van der Waals surface area contributed by atoms with Crippen molar-refractivity contribution in [3.05, 3.63) is 11.6 Å². The van der Waals surface area contributed by atoms with Crippen LogP contribution in [0.5, 0.6) is 0 Å². The van der Waals surface area contributed by atoms with E-state index in [0.29, 0.717) is 5.41 Å². The van der Waals surface area contributed by atoms with Crippen molar-refractivity contribution in [3.63, 3.8) is 0 Å². The minimum absolute atomic E-state index is 0.223. The van der Waals surface area contributed by atoms with Gasteiger partial charge in [-0.25, -0.2) is 0 Å². The number of rotatable bonds is 5. The Morgan fingerprint density at radius 3 is 2.50 bits per heavy atom. The van der Waals surface area contributed by atoms with Crippen LogP contribution in [0.2, 0.25) is 0 Å². The molecule has 20 heavy (non-hydrogen) atoms. The van der Waals surface area contributed by atoms with Crippen LogP contribution in [0.1, 0.15) is 72.1 Å². The second-order valence-corrected chi connectivity index (χ2v) is 8.06. The highest BCUT2D eigenvalue weighted by atomic mass is 15.0. The first-order valence-corrected chi connectivity index (χ1v) is 8.58. The van der Waals surface area contributed by atoms with Crippen molar-refractivity contribution in [2.45, 2.75) is 77.7 Å². The minimum atomic E-state index is 0.223. The number of nitrogens with two attached hydrogens (primary N) is 1. The molecule has 0 aliphatic heterocycles. The zero-order chi connectivity index (χ0) is 14.6. The van der Waals surface area contributed by atoms with Crippen LogP contribution < -0.4 is 11.1 Å². The molecule has 0 atom stereocenters. The lowest BCUT2D eigenvalue weighted by Gasteiger charge is -2.44. The van der Waals surface area contributed by atoms with Gasteiger partial charge in [0.2, 0.25) is 0 Å². The molecule has 3 N–H and O–H groups in total. The molecule has 0 aromatic heterocycles. The molecule has 0 heterocycles. The summed E-state index contributed by atoms with van der Waals surface area (Å²) in [5, 5.41) is 3.82. The average molecular weight is 278 g/mol. The van der Waals surface area contributed by atoms with Crippen molar-refractivity contribution >= 4 is 0 Å². The molecular formula is C18H34N2. The first-order chi connectivity index (χ1) is 9.45. The van der Waals surface area contributed by atoms with Gasteiger partial charge in [-0.3, -0.25) is 0 Å². The second kappa shape index (κ2) is 6.62. The van der Waals surface area contributed by atoms with Crippen molar-refractivity contribution in [1.82, 2.24) is 5.32 Å². The molecule has 116 valence electrons. The fourth-order valence-corrected chi connectivity index (χ4v) is 3.94. The second-order valence-electron chi connectivity index (χ2n) is 8.06. The van der Waals surface area contributed by atoms with E-state index in [1.54, 1.807) is 5.57 Å². The molecule has 0 amide bonds. The molecule has 2 heteroatoms. The molecule has 1 saturated carbocycles. The Labute approximate surface area is 125 Å². The van der Waals surface area contributed by atoms with Gasteiger partial charge in [-0.2, -0.15) is 0 Å². The summed E-state index contributed by atoms with van der Waals surface area (Å²) < 4.78 is 0. The molecule has 2 aliphatic carbocycles. The third-order valence-corrected chi connectivity index (χ3v) is 5.64. The maximum Gasteiger partial charge on any atom is 0.0304 e. The van der Waals surface area contributed by atoms with Crippen LogP contribution in [0.25, 0.3) is 0 Å². The Bertz CT molecular complexity index is 330. The van der Waals surface area contributed by atoms with Gasteiger partial charge in [-0.05, 0) is 69.2 Å². The molecule has 0 radical (unpaired) electrons. The van der Waals surface area contributed by atoms with Gasteiger partial charge in [0.25, 0.3) is 0 Å². The maximum atomic E-state index is 6.11. The van der Waals surface area contributed by atoms with Gasteiger partial charge in [0.05, 0.1) is 0 Å². The Hall–Kier alpha value is -0.340. The molecule has 0 unspecified atom stereocenters. The maximum absolute atomic E-state index is 6.11. The topological polar surface area (TPSA) is 38.0 Å². The molecule has 2 aliphatic rings. The molecule has 0 bridgehead atoms. The number of hydrogen-bond donors (Lipinski definition) is 2. The van der Waals surface area contributed by atoms with Crippen molar-refractivity contribution in [1.29, 1.82) is 0 Å². The van der Waals surface area contributed by atoms with Gasteiger partial charge in [-0.15, -0.1) is 0 Å². The summed E-state index contributed by atoms with van der Waals surface area (Å²) >= 11 is 0. The molecular weight excluding hydrogens is 244 g/mol. The third kappa shape index (κ3) is 4.08. The van der Waals surface area contributed by atoms with Crippen molar-refractivity contribution in [2.75, 3.05) is 13.1 Å². The summed E-state index contributed by atoms with van der Waals surface area (Å²) in [6.45, 7) is 9.06. The molecule has 0 aromatic rings. The minimum Gasteiger partial charge on any atom is -0.329 e. The van der Waals surface area contributed by atoms with E-state index in [0.717, 1.165) is 19.0 Å². The monoisotopic (exact) mass is 278 g/mol. The number of hydrogen-bond acceptors (Lipinski definition) is 2. The van der Waals surface area contributed by atoms with Gasteiger partial charge in [-0.1, -0.05) is 32.4 Å². The van der Waals surface area contributed by atoms with Crippen molar-refractivity contribution in [2.24, 2.45) is 17.1 Å². The molecule has 1 fully saturated rings. The number of nitrogens with one attached hydrogen (secondary N) is 1. The highest BCUT2D eigenvalue weighted by Crippen LogP contribution is 2.41. The first kappa shape index (κ1) is 16.0. The molecule has 0 saturated heterocycles. The van der Waals surface area contributed by atoms with E-state index in [9.17, 15) is 0 Å². The van der Waals surface area contributed by atoms with Crippen LogP contribution in [0.15, 0.2) is 11.6 Å². The van der Waals surface area contributed by atoms with Crippen molar-refractivity contribution in [3.8, 4) is 0 Å². The highest BCUT2D eigenvalue weighted by Gasteiger charge is 2.37. The van der Waals surface area contributed by atoms with E-state index in [1.165, 1.54) is 51.4 Å².